The van der Waals surface area contributed by atoms with Crippen LogP contribution in [0.4, 0.5) is 15.8 Å². The summed E-state index contributed by atoms with van der Waals surface area (Å²) in [4.78, 5) is 25.2. The van der Waals surface area contributed by atoms with Crippen LogP contribution in [-0.2, 0) is 4.74 Å². The van der Waals surface area contributed by atoms with Gasteiger partial charge in [0, 0.05) is 35.9 Å². The molecule has 0 radical (unpaired) electrons. The predicted octanol–water partition coefficient (Wildman–Crippen LogP) is 3.75. The lowest BCUT2D eigenvalue weighted by molar-refractivity contribution is -0.131. The maximum Gasteiger partial charge on any atom is 0.276 e. The lowest BCUT2D eigenvalue weighted by Gasteiger charge is -2.38. The van der Waals surface area contributed by atoms with Gasteiger partial charge in [0.05, 0.1) is 47.8 Å². The molecule has 3 aromatic rings. The van der Waals surface area contributed by atoms with E-state index in [0.29, 0.717) is 17.7 Å². The molecule has 0 aromatic carbocycles. The number of aliphatic hydroxyl groups is 1. The maximum absolute atomic E-state index is 14.2. The molecule has 0 aliphatic carbocycles. The average Bonchev–Trinajstić information content (AvgIpc) is 2.80. The van der Waals surface area contributed by atoms with Gasteiger partial charge in [0.1, 0.15) is 0 Å². The maximum atomic E-state index is 14.2. The fraction of sp³-hybridized carbons (Fsp3) is 0.333. The molecule has 172 valence electrons. The van der Waals surface area contributed by atoms with Crippen LogP contribution in [0.3, 0.4) is 0 Å². The Morgan fingerprint density at radius 2 is 2.00 bits per heavy atom. The van der Waals surface area contributed by atoms with Gasteiger partial charge >= 0.3 is 0 Å². The minimum atomic E-state index is -0.561. The van der Waals surface area contributed by atoms with E-state index in [0.717, 1.165) is 12.6 Å². The molecule has 33 heavy (non-hydrogen) atoms. The van der Waals surface area contributed by atoms with Crippen molar-refractivity contribution >= 4 is 17.3 Å². The molecular weight excluding hydrogens is 425 g/mol. The number of nitrogens with zero attached hydrogens (tertiary/aromatic N) is 3. The van der Waals surface area contributed by atoms with E-state index in [2.05, 4.69) is 20.3 Å². The van der Waals surface area contributed by atoms with Crippen LogP contribution in [0.1, 0.15) is 48.8 Å². The Bertz CT molecular complexity index is 1150. The van der Waals surface area contributed by atoms with Crippen molar-refractivity contribution in [2.24, 2.45) is 5.92 Å². The van der Waals surface area contributed by atoms with Gasteiger partial charge in [-0.25, -0.2) is 9.37 Å². The van der Waals surface area contributed by atoms with E-state index in [4.69, 9.17) is 10.5 Å². The van der Waals surface area contributed by atoms with Crippen LogP contribution >= 0.6 is 0 Å². The van der Waals surface area contributed by atoms with E-state index >= 15 is 0 Å². The fourth-order valence-electron chi connectivity index (χ4n) is 4.28. The molecule has 9 heteroatoms. The second-order valence-corrected chi connectivity index (χ2v) is 8.11. The molecule has 1 saturated heterocycles. The number of carbonyl (C=O) groups is 1. The first-order valence-electron chi connectivity index (χ1n) is 10.8. The summed E-state index contributed by atoms with van der Waals surface area (Å²) in [6.07, 6.45) is 5.83. The smallest absolute Gasteiger partial charge is 0.276 e. The third kappa shape index (κ3) is 4.69. The molecular formula is C24H26FN5O3. The Kier molecular flexibility index (Phi) is 6.62. The number of carbonyl (C=O) groups excluding carboxylic acids is 1. The highest BCUT2D eigenvalue weighted by Gasteiger charge is 2.36. The van der Waals surface area contributed by atoms with E-state index in [1.54, 1.807) is 18.3 Å². The molecule has 4 atom stereocenters. The Morgan fingerprint density at radius 3 is 2.73 bits per heavy atom. The fourth-order valence-corrected chi connectivity index (χ4v) is 4.28. The Balaban J connectivity index is 1.61. The number of nitrogens with two attached hydrogens (primary N) is 1. The van der Waals surface area contributed by atoms with Crippen LogP contribution in [-0.4, -0.2) is 38.2 Å². The van der Waals surface area contributed by atoms with Crippen LogP contribution in [0.15, 0.2) is 49.1 Å². The van der Waals surface area contributed by atoms with Gasteiger partial charge < -0.3 is 20.9 Å². The summed E-state index contributed by atoms with van der Waals surface area (Å²) in [5.74, 6) is -1.06. The van der Waals surface area contributed by atoms with Crippen LogP contribution in [0, 0.1) is 11.7 Å². The van der Waals surface area contributed by atoms with Crippen molar-refractivity contribution in [2.45, 2.75) is 45.0 Å². The number of aliphatic hydroxyl groups excluding tert-OH is 1. The second kappa shape index (κ2) is 9.60. The highest BCUT2D eigenvalue weighted by Crippen LogP contribution is 2.38. The number of nitrogen functional groups attached to an aromatic ring is 1. The number of pyridine rings is 3. The zero-order valence-corrected chi connectivity index (χ0v) is 18.4. The monoisotopic (exact) mass is 451 g/mol. The predicted molar refractivity (Wildman–Crippen MR) is 122 cm³/mol. The van der Waals surface area contributed by atoms with Gasteiger partial charge in [-0.15, -0.1) is 0 Å². The van der Waals surface area contributed by atoms with Crippen molar-refractivity contribution in [3.05, 3.63) is 66.1 Å². The third-order valence-electron chi connectivity index (χ3n) is 6.04. The van der Waals surface area contributed by atoms with Crippen molar-refractivity contribution in [3.8, 4) is 11.3 Å². The number of ether oxygens (including phenoxy) is 1. The van der Waals surface area contributed by atoms with Crippen molar-refractivity contribution in [1.29, 1.82) is 0 Å². The van der Waals surface area contributed by atoms with Gasteiger partial charge in [0.25, 0.3) is 5.91 Å². The first-order valence-corrected chi connectivity index (χ1v) is 10.8. The Labute approximate surface area is 191 Å². The molecule has 0 bridgehead atoms. The van der Waals surface area contributed by atoms with Gasteiger partial charge in [-0.2, -0.15) is 0 Å². The molecule has 1 aliphatic rings. The number of hydrogen-bond acceptors (Lipinski definition) is 7. The van der Waals surface area contributed by atoms with Crippen LogP contribution in [0.5, 0.6) is 0 Å². The van der Waals surface area contributed by atoms with Crippen molar-refractivity contribution in [2.75, 3.05) is 11.1 Å². The van der Waals surface area contributed by atoms with E-state index in [-0.39, 0.29) is 34.7 Å². The number of amides is 1. The third-order valence-corrected chi connectivity index (χ3v) is 6.04. The molecule has 0 saturated carbocycles. The van der Waals surface area contributed by atoms with E-state index in [9.17, 15) is 14.3 Å². The Morgan fingerprint density at radius 1 is 1.24 bits per heavy atom. The summed E-state index contributed by atoms with van der Waals surface area (Å²) < 4.78 is 20.3. The normalized spacial score (nSPS) is 22.7. The quantitative estimate of drug-likeness (QED) is 0.540. The number of aromatic nitrogens is 3. The molecule has 8 nitrogen and oxygen atoms in total. The molecule has 4 N–H and O–H groups in total. The molecule has 4 heterocycles. The molecule has 4 unspecified atom stereocenters. The van der Waals surface area contributed by atoms with Gasteiger partial charge in [-0.05, 0) is 37.6 Å². The van der Waals surface area contributed by atoms with E-state index in [1.807, 2.05) is 13.8 Å². The van der Waals surface area contributed by atoms with E-state index < -0.39 is 23.9 Å². The summed E-state index contributed by atoms with van der Waals surface area (Å²) in [5, 5.41) is 13.4. The molecule has 3 aromatic heterocycles. The highest BCUT2D eigenvalue weighted by molar-refractivity contribution is 6.06. The van der Waals surface area contributed by atoms with Crippen LogP contribution in [0.2, 0.25) is 0 Å². The summed E-state index contributed by atoms with van der Waals surface area (Å²) in [7, 11) is 0. The molecule has 1 amide bonds. The van der Waals surface area contributed by atoms with Crippen molar-refractivity contribution in [1.82, 2.24) is 15.0 Å². The van der Waals surface area contributed by atoms with Crippen molar-refractivity contribution < 1.29 is 19.0 Å². The molecule has 4 rings (SSSR count). The minimum absolute atomic E-state index is 0.0393. The Hall–Kier alpha value is -3.43. The SMILES string of the molecule is CCC1C(O)CC(c2ccncc2NC(=O)c2nc(-c3ccncc3F)ccc2N)OC1C. The first-order chi connectivity index (χ1) is 15.9. The van der Waals surface area contributed by atoms with Gasteiger partial charge in [0.15, 0.2) is 11.5 Å². The zero-order chi connectivity index (χ0) is 23.5. The summed E-state index contributed by atoms with van der Waals surface area (Å²) >= 11 is 0. The van der Waals surface area contributed by atoms with Gasteiger partial charge in [0.2, 0.25) is 0 Å². The highest BCUT2D eigenvalue weighted by atomic mass is 19.1. The lowest BCUT2D eigenvalue weighted by atomic mass is 9.85. The first kappa shape index (κ1) is 22.8. The molecule has 1 aliphatic heterocycles. The van der Waals surface area contributed by atoms with E-state index in [1.165, 1.54) is 24.5 Å². The van der Waals surface area contributed by atoms with Crippen LogP contribution < -0.4 is 11.1 Å². The number of halogens is 1. The summed E-state index contributed by atoms with van der Waals surface area (Å²) in [5.41, 5.74) is 7.73. The largest absolute Gasteiger partial charge is 0.397 e. The summed E-state index contributed by atoms with van der Waals surface area (Å²) in [6, 6.07) is 6.29. The van der Waals surface area contributed by atoms with Crippen LogP contribution in [0.25, 0.3) is 11.3 Å². The van der Waals surface area contributed by atoms with Crippen molar-refractivity contribution in [3.63, 3.8) is 0 Å². The number of anilines is 2. The summed E-state index contributed by atoms with van der Waals surface area (Å²) in [6.45, 7) is 3.97. The molecule has 1 fully saturated rings. The minimum Gasteiger partial charge on any atom is -0.397 e. The zero-order valence-electron chi connectivity index (χ0n) is 18.4. The number of rotatable bonds is 5. The van der Waals surface area contributed by atoms with Gasteiger partial charge in [-0.3, -0.25) is 14.8 Å². The number of nitrogens with one attached hydrogen (secondary N) is 1. The standard InChI is InChI=1S/C24H26FN5O3/c1-3-14-13(2)33-22(10-21(14)31)16-7-9-28-12-20(16)30-24(32)23-18(26)4-5-19(29-23)15-6-8-27-11-17(15)25/h4-9,11-14,21-22,31H,3,10,26H2,1-2H3,(H,30,32). The van der Waals surface area contributed by atoms with Gasteiger partial charge in [-0.1, -0.05) is 6.92 Å². The second-order valence-electron chi connectivity index (χ2n) is 8.11. The molecule has 0 spiro atoms. The number of hydrogen-bond donors (Lipinski definition) is 3. The average molecular weight is 452 g/mol. The lowest BCUT2D eigenvalue weighted by Crippen LogP contribution is -2.39. The topological polar surface area (TPSA) is 123 Å².